The number of thiazole rings is 1. The minimum absolute atomic E-state index is 0.102. The summed E-state index contributed by atoms with van der Waals surface area (Å²) < 4.78 is 0. The molecular formula is C10H14N2S. The Hall–Kier alpha value is -0.880. The first kappa shape index (κ1) is 10.2. The number of hydrogen-bond acceptors (Lipinski definition) is 3. The van der Waals surface area contributed by atoms with E-state index in [-0.39, 0.29) is 5.92 Å². The van der Waals surface area contributed by atoms with Gasteiger partial charge in [0.1, 0.15) is 0 Å². The number of aryl methyl sites for hydroxylation is 1. The molecule has 1 aromatic rings. The Balaban J connectivity index is 2.63. The lowest BCUT2D eigenvalue weighted by atomic mass is 9.94. The van der Waals surface area contributed by atoms with Gasteiger partial charge in [0.2, 0.25) is 0 Å². The molecule has 1 heterocycles. The summed E-state index contributed by atoms with van der Waals surface area (Å²) in [5.41, 5.74) is 1.06. The van der Waals surface area contributed by atoms with Crippen LogP contribution < -0.4 is 0 Å². The minimum Gasteiger partial charge on any atom is -0.247 e. The molecule has 70 valence electrons. The molecule has 0 amide bonds. The molecule has 0 aromatic carbocycles. The molecule has 0 N–H and O–H groups in total. The minimum atomic E-state index is 0.102. The van der Waals surface area contributed by atoms with E-state index in [9.17, 15) is 0 Å². The molecule has 0 spiro atoms. The second-order valence-electron chi connectivity index (χ2n) is 3.57. The van der Waals surface area contributed by atoms with Crippen molar-refractivity contribution >= 4 is 11.3 Å². The lowest BCUT2D eigenvalue weighted by molar-refractivity contribution is 0.473. The molecule has 0 aliphatic carbocycles. The zero-order valence-electron chi connectivity index (χ0n) is 8.24. The van der Waals surface area contributed by atoms with Crippen molar-refractivity contribution in [2.45, 2.75) is 27.2 Å². The molecule has 1 rings (SSSR count). The van der Waals surface area contributed by atoms with Gasteiger partial charge in [0.15, 0.2) is 0 Å². The van der Waals surface area contributed by atoms with Gasteiger partial charge in [-0.3, -0.25) is 0 Å². The van der Waals surface area contributed by atoms with Gasteiger partial charge in [-0.05, 0) is 12.8 Å². The predicted molar refractivity (Wildman–Crippen MR) is 54.5 cm³/mol. The summed E-state index contributed by atoms with van der Waals surface area (Å²) in [6.45, 7) is 6.14. The normalized spacial score (nSPS) is 12.8. The monoisotopic (exact) mass is 194 g/mol. The molecule has 0 fully saturated rings. The number of aromatic nitrogens is 1. The predicted octanol–water partition coefficient (Wildman–Crippen LogP) is 2.79. The molecule has 2 nitrogen and oxygen atoms in total. The van der Waals surface area contributed by atoms with E-state index in [1.807, 2.05) is 12.3 Å². The zero-order valence-corrected chi connectivity index (χ0v) is 9.06. The molecule has 0 saturated heterocycles. The van der Waals surface area contributed by atoms with Crippen LogP contribution in [0.4, 0.5) is 0 Å². The molecule has 0 saturated carbocycles. The van der Waals surface area contributed by atoms with E-state index >= 15 is 0 Å². The second-order valence-corrected chi connectivity index (χ2v) is 4.51. The van der Waals surface area contributed by atoms with E-state index in [4.69, 9.17) is 5.26 Å². The van der Waals surface area contributed by atoms with Crippen LogP contribution in [0.5, 0.6) is 0 Å². The molecule has 3 heteroatoms. The third kappa shape index (κ3) is 2.82. The van der Waals surface area contributed by atoms with Crippen molar-refractivity contribution in [2.75, 3.05) is 0 Å². The van der Waals surface area contributed by atoms with Crippen molar-refractivity contribution in [3.05, 3.63) is 16.1 Å². The van der Waals surface area contributed by atoms with Crippen molar-refractivity contribution in [2.24, 2.45) is 11.8 Å². The number of nitrogens with zero attached hydrogens (tertiary/aromatic N) is 2. The molecule has 13 heavy (non-hydrogen) atoms. The third-order valence-corrected chi connectivity index (χ3v) is 3.02. The molecular weight excluding hydrogens is 180 g/mol. The van der Waals surface area contributed by atoms with Crippen molar-refractivity contribution < 1.29 is 0 Å². The average Bonchev–Trinajstić information content (AvgIpc) is 2.46. The van der Waals surface area contributed by atoms with Crippen LogP contribution in [0.3, 0.4) is 0 Å². The van der Waals surface area contributed by atoms with Gasteiger partial charge in [0.05, 0.1) is 17.0 Å². The van der Waals surface area contributed by atoms with Crippen molar-refractivity contribution in [3.63, 3.8) is 0 Å². The summed E-state index contributed by atoms with van der Waals surface area (Å²) in [5.74, 6) is 0.514. The van der Waals surface area contributed by atoms with Gasteiger partial charge < -0.3 is 0 Å². The van der Waals surface area contributed by atoms with Gasteiger partial charge in [-0.25, -0.2) is 4.98 Å². The first-order chi connectivity index (χ1) is 6.13. The quantitative estimate of drug-likeness (QED) is 0.742. The Morgan fingerprint density at radius 2 is 2.31 bits per heavy atom. The summed E-state index contributed by atoms with van der Waals surface area (Å²) in [6.07, 6.45) is 0.798. The van der Waals surface area contributed by atoms with E-state index in [2.05, 4.69) is 24.9 Å². The second kappa shape index (κ2) is 4.38. The average molecular weight is 194 g/mol. The van der Waals surface area contributed by atoms with Gasteiger partial charge in [0, 0.05) is 17.5 Å². The standard InChI is InChI=1S/C10H14N2S/c1-7(2)9(5-11)4-10-12-8(3)6-13-10/h6-7,9H,4H2,1-3H3. The van der Waals surface area contributed by atoms with Gasteiger partial charge in [-0.2, -0.15) is 5.26 Å². The summed E-state index contributed by atoms with van der Waals surface area (Å²) in [7, 11) is 0. The Morgan fingerprint density at radius 3 is 2.69 bits per heavy atom. The summed E-state index contributed by atoms with van der Waals surface area (Å²) in [5, 5.41) is 12.0. The van der Waals surface area contributed by atoms with E-state index in [1.165, 1.54) is 0 Å². The first-order valence-corrected chi connectivity index (χ1v) is 5.32. The number of rotatable bonds is 3. The largest absolute Gasteiger partial charge is 0.247 e. The van der Waals surface area contributed by atoms with E-state index < -0.39 is 0 Å². The highest BCUT2D eigenvalue weighted by Gasteiger charge is 2.14. The van der Waals surface area contributed by atoms with Crippen LogP contribution in [0.2, 0.25) is 0 Å². The fourth-order valence-corrected chi connectivity index (χ4v) is 1.95. The smallest absolute Gasteiger partial charge is 0.0941 e. The molecule has 1 unspecified atom stereocenters. The molecule has 0 aliphatic heterocycles. The SMILES string of the molecule is Cc1csc(CC(C#N)C(C)C)n1. The van der Waals surface area contributed by atoms with Crippen molar-refractivity contribution in [1.29, 1.82) is 5.26 Å². The zero-order chi connectivity index (χ0) is 9.84. The van der Waals surface area contributed by atoms with Crippen LogP contribution in [-0.2, 0) is 6.42 Å². The lowest BCUT2D eigenvalue weighted by Gasteiger charge is -2.09. The highest BCUT2D eigenvalue weighted by atomic mass is 32.1. The highest BCUT2D eigenvalue weighted by molar-refractivity contribution is 7.09. The van der Waals surface area contributed by atoms with Crippen LogP contribution >= 0.6 is 11.3 Å². The van der Waals surface area contributed by atoms with Gasteiger partial charge in [-0.1, -0.05) is 13.8 Å². The van der Waals surface area contributed by atoms with Gasteiger partial charge in [-0.15, -0.1) is 11.3 Å². The first-order valence-electron chi connectivity index (χ1n) is 4.44. The maximum Gasteiger partial charge on any atom is 0.0941 e. The summed E-state index contributed by atoms with van der Waals surface area (Å²) in [6, 6.07) is 2.33. The summed E-state index contributed by atoms with van der Waals surface area (Å²) >= 11 is 1.65. The number of nitriles is 1. The molecule has 0 aliphatic rings. The fourth-order valence-electron chi connectivity index (χ4n) is 1.11. The van der Waals surface area contributed by atoms with Crippen LogP contribution in [0, 0.1) is 30.1 Å². The topological polar surface area (TPSA) is 36.7 Å². The third-order valence-electron chi connectivity index (χ3n) is 2.03. The van der Waals surface area contributed by atoms with Crippen molar-refractivity contribution in [3.8, 4) is 6.07 Å². The Morgan fingerprint density at radius 1 is 1.62 bits per heavy atom. The fraction of sp³-hybridized carbons (Fsp3) is 0.600. The summed E-state index contributed by atoms with van der Waals surface area (Å²) in [4.78, 5) is 4.35. The van der Waals surface area contributed by atoms with Gasteiger partial charge >= 0.3 is 0 Å². The Labute approximate surface area is 83.2 Å². The van der Waals surface area contributed by atoms with Crippen molar-refractivity contribution in [1.82, 2.24) is 4.98 Å². The van der Waals surface area contributed by atoms with E-state index in [0.717, 1.165) is 17.1 Å². The number of hydrogen-bond donors (Lipinski definition) is 0. The molecule has 1 aromatic heterocycles. The lowest BCUT2D eigenvalue weighted by Crippen LogP contribution is -2.09. The van der Waals surface area contributed by atoms with E-state index in [1.54, 1.807) is 11.3 Å². The molecule has 1 atom stereocenters. The van der Waals surface area contributed by atoms with Gasteiger partial charge in [0.25, 0.3) is 0 Å². The van der Waals surface area contributed by atoms with E-state index in [0.29, 0.717) is 5.92 Å². The molecule has 0 radical (unpaired) electrons. The maximum atomic E-state index is 8.89. The molecule has 0 bridgehead atoms. The maximum absolute atomic E-state index is 8.89. The Bertz CT molecular complexity index is 309. The van der Waals surface area contributed by atoms with Crippen LogP contribution in [0.25, 0.3) is 0 Å². The van der Waals surface area contributed by atoms with Crippen LogP contribution in [0.1, 0.15) is 24.5 Å². The Kier molecular flexibility index (Phi) is 3.44. The highest BCUT2D eigenvalue weighted by Crippen LogP contribution is 2.18. The van der Waals surface area contributed by atoms with Crippen LogP contribution in [0.15, 0.2) is 5.38 Å². The van der Waals surface area contributed by atoms with Crippen LogP contribution in [-0.4, -0.2) is 4.98 Å².